The van der Waals surface area contributed by atoms with Crippen molar-refractivity contribution in [3.05, 3.63) is 96.6 Å². The normalized spacial score (nSPS) is 13.4. The Bertz CT molecular complexity index is 1290. The van der Waals surface area contributed by atoms with E-state index in [0.717, 1.165) is 22.8 Å². The lowest BCUT2D eigenvalue weighted by Crippen LogP contribution is -2.50. The highest BCUT2D eigenvalue weighted by molar-refractivity contribution is 5.78. The number of nitrogens with zero attached hydrogens (tertiary/aromatic N) is 4. The fourth-order valence-corrected chi connectivity index (χ4v) is 4.15. The average molecular weight is 481 g/mol. The summed E-state index contributed by atoms with van der Waals surface area (Å²) >= 11 is 0. The molecule has 1 fully saturated rings. The Balaban J connectivity index is 1.09. The molecule has 36 heavy (non-hydrogen) atoms. The lowest BCUT2D eigenvalue weighted by molar-refractivity contribution is -0.133. The molecule has 0 N–H and O–H groups in total. The Hall–Kier alpha value is -4.39. The number of anilines is 1. The molecule has 1 aromatic heterocycles. The van der Waals surface area contributed by atoms with Crippen molar-refractivity contribution in [2.45, 2.75) is 6.92 Å². The van der Waals surface area contributed by atoms with Gasteiger partial charge >= 0.3 is 0 Å². The average Bonchev–Trinajstić information content (AvgIpc) is 2.94. The van der Waals surface area contributed by atoms with Crippen molar-refractivity contribution in [3.8, 4) is 28.5 Å². The van der Waals surface area contributed by atoms with E-state index in [-0.39, 0.29) is 12.5 Å². The molecule has 7 heteroatoms. The van der Waals surface area contributed by atoms with Crippen molar-refractivity contribution < 1.29 is 14.3 Å². The Morgan fingerprint density at radius 3 is 2.11 bits per heavy atom. The van der Waals surface area contributed by atoms with Gasteiger partial charge in [-0.25, -0.2) is 0 Å². The van der Waals surface area contributed by atoms with Crippen LogP contribution in [-0.4, -0.2) is 53.8 Å². The summed E-state index contributed by atoms with van der Waals surface area (Å²) in [5, 5.41) is 8.87. The highest BCUT2D eigenvalue weighted by Crippen LogP contribution is 2.24. The van der Waals surface area contributed by atoms with Crippen LogP contribution in [0.2, 0.25) is 0 Å². The number of ether oxygens (including phenoxy) is 2. The third-order valence-corrected chi connectivity index (χ3v) is 6.19. The zero-order valence-corrected chi connectivity index (χ0v) is 20.2. The third kappa shape index (κ3) is 5.63. The lowest BCUT2D eigenvalue weighted by atomic mass is 10.1. The molecule has 0 radical (unpaired) electrons. The van der Waals surface area contributed by atoms with Crippen LogP contribution in [0.15, 0.2) is 91.0 Å². The maximum absolute atomic E-state index is 12.7. The van der Waals surface area contributed by atoms with Gasteiger partial charge in [-0.1, -0.05) is 42.5 Å². The summed E-state index contributed by atoms with van der Waals surface area (Å²) in [6.07, 6.45) is 0. The Morgan fingerprint density at radius 1 is 0.750 bits per heavy atom. The summed E-state index contributed by atoms with van der Waals surface area (Å²) in [6.45, 7) is 4.72. The maximum Gasteiger partial charge on any atom is 0.260 e. The second-order valence-electron chi connectivity index (χ2n) is 8.63. The van der Waals surface area contributed by atoms with Gasteiger partial charge in [-0.15, -0.1) is 10.2 Å². The van der Waals surface area contributed by atoms with Crippen LogP contribution in [0.4, 0.5) is 5.82 Å². The van der Waals surface area contributed by atoms with Crippen molar-refractivity contribution in [3.63, 3.8) is 0 Å². The highest BCUT2D eigenvalue weighted by atomic mass is 16.5. The van der Waals surface area contributed by atoms with E-state index in [4.69, 9.17) is 9.47 Å². The van der Waals surface area contributed by atoms with Crippen LogP contribution in [-0.2, 0) is 4.79 Å². The highest BCUT2D eigenvalue weighted by Gasteiger charge is 2.22. The van der Waals surface area contributed by atoms with Crippen LogP contribution in [0.5, 0.6) is 17.2 Å². The van der Waals surface area contributed by atoms with Crippen LogP contribution in [0.1, 0.15) is 5.56 Å². The van der Waals surface area contributed by atoms with Crippen molar-refractivity contribution in [2.24, 2.45) is 0 Å². The Labute approximate surface area is 210 Å². The second kappa shape index (κ2) is 10.9. The molecule has 1 aliphatic rings. The zero-order chi connectivity index (χ0) is 24.7. The maximum atomic E-state index is 12.7. The monoisotopic (exact) mass is 480 g/mol. The molecule has 1 aliphatic heterocycles. The molecule has 182 valence electrons. The number of amides is 1. The van der Waals surface area contributed by atoms with Gasteiger partial charge in [-0.3, -0.25) is 4.79 Å². The number of carbonyl (C=O) groups excluding carboxylic acids is 1. The molecule has 1 amide bonds. The van der Waals surface area contributed by atoms with E-state index in [1.165, 1.54) is 5.56 Å². The van der Waals surface area contributed by atoms with E-state index in [1.54, 1.807) is 0 Å². The van der Waals surface area contributed by atoms with Crippen LogP contribution >= 0.6 is 0 Å². The van der Waals surface area contributed by atoms with E-state index in [2.05, 4.69) is 34.2 Å². The summed E-state index contributed by atoms with van der Waals surface area (Å²) in [7, 11) is 0. The summed E-state index contributed by atoms with van der Waals surface area (Å²) in [5.41, 5.74) is 3.12. The SMILES string of the molecule is Cc1ccccc1-c1ccc(N2CCN(C(=O)COc3ccc(Oc4ccccc4)cc3)CC2)nn1. The smallest absolute Gasteiger partial charge is 0.260 e. The number of rotatable bonds is 7. The number of aryl methyl sites for hydroxylation is 1. The largest absolute Gasteiger partial charge is 0.484 e. The van der Waals surface area contributed by atoms with Gasteiger partial charge in [0.05, 0.1) is 5.69 Å². The van der Waals surface area contributed by atoms with Gasteiger partial charge in [0.2, 0.25) is 0 Å². The van der Waals surface area contributed by atoms with E-state index < -0.39 is 0 Å². The quantitative estimate of drug-likeness (QED) is 0.372. The van der Waals surface area contributed by atoms with Crippen LogP contribution in [0, 0.1) is 6.92 Å². The first-order chi connectivity index (χ1) is 17.7. The molecule has 0 bridgehead atoms. The molecule has 0 unspecified atom stereocenters. The molecule has 0 spiro atoms. The number of piperazine rings is 1. The minimum Gasteiger partial charge on any atom is -0.484 e. The van der Waals surface area contributed by atoms with Gasteiger partial charge in [0, 0.05) is 31.7 Å². The predicted octanol–water partition coefficient (Wildman–Crippen LogP) is 4.97. The van der Waals surface area contributed by atoms with Crippen molar-refractivity contribution in [2.75, 3.05) is 37.7 Å². The van der Waals surface area contributed by atoms with Crippen LogP contribution in [0.3, 0.4) is 0 Å². The van der Waals surface area contributed by atoms with E-state index >= 15 is 0 Å². The zero-order valence-electron chi connectivity index (χ0n) is 20.2. The molecule has 0 saturated carbocycles. The molecule has 1 saturated heterocycles. The number of benzene rings is 3. The number of aromatic nitrogens is 2. The lowest BCUT2D eigenvalue weighted by Gasteiger charge is -2.35. The molecule has 5 rings (SSSR count). The van der Waals surface area contributed by atoms with Gasteiger partial charge < -0.3 is 19.3 Å². The number of hydrogen-bond acceptors (Lipinski definition) is 6. The van der Waals surface area contributed by atoms with Crippen LogP contribution < -0.4 is 14.4 Å². The molecular weight excluding hydrogens is 452 g/mol. The summed E-state index contributed by atoms with van der Waals surface area (Å²) in [5.74, 6) is 2.92. The van der Waals surface area contributed by atoms with Crippen molar-refractivity contribution in [1.29, 1.82) is 0 Å². The minimum absolute atomic E-state index is 0.00379. The molecule has 4 aromatic rings. The van der Waals surface area contributed by atoms with Gasteiger partial charge in [-0.05, 0) is 61.0 Å². The van der Waals surface area contributed by atoms with Crippen molar-refractivity contribution in [1.82, 2.24) is 15.1 Å². The predicted molar refractivity (Wildman–Crippen MR) is 139 cm³/mol. The fourth-order valence-electron chi connectivity index (χ4n) is 4.15. The third-order valence-electron chi connectivity index (χ3n) is 6.19. The second-order valence-corrected chi connectivity index (χ2v) is 8.63. The summed E-state index contributed by atoms with van der Waals surface area (Å²) in [4.78, 5) is 16.7. The standard InChI is InChI=1S/C29H28N4O3/c1-22-7-5-6-10-26(22)27-15-16-28(31-30-27)32-17-19-33(20-18-32)29(34)21-35-23-11-13-25(14-12-23)36-24-8-3-2-4-9-24/h2-16H,17-21H2,1H3. The molecular formula is C29H28N4O3. The number of hydrogen-bond donors (Lipinski definition) is 0. The van der Waals surface area contributed by atoms with Gasteiger partial charge in [0.25, 0.3) is 5.91 Å². The van der Waals surface area contributed by atoms with Gasteiger partial charge in [0.15, 0.2) is 12.4 Å². The molecule has 0 atom stereocenters. The molecule has 3 aromatic carbocycles. The summed E-state index contributed by atoms with van der Waals surface area (Å²) in [6, 6.07) is 29.0. The molecule has 7 nitrogen and oxygen atoms in total. The van der Waals surface area contributed by atoms with Gasteiger partial charge in [-0.2, -0.15) is 0 Å². The fraction of sp³-hybridized carbons (Fsp3) is 0.207. The van der Waals surface area contributed by atoms with Crippen LogP contribution in [0.25, 0.3) is 11.3 Å². The van der Waals surface area contributed by atoms with E-state index in [0.29, 0.717) is 37.7 Å². The first-order valence-corrected chi connectivity index (χ1v) is 12.0. The number of carbonyl (C=O) groups is 1. The van der Waals surface area contributed by atoms with Crippen molar-refractivity contribution >= 4 is 11.7 Å². The molecule has 0 aliphatic carbocycles. The summed E-state index contributed by atoms with van der Waals surface area (Å²) < 4.78 is 11.5. The Morgan fingerprint density at radius 2 is 1.42 bits per heavy atom. The first kappa shape index (κ1) is 23.4. The van der Waals surface area contributed by atoms with E-state index in [9.17, 15) is 4.79 Å². The topological polar surface area (TPSA) is 67.8 Å². The van der Waals surface area contributed by atoms with E-state index in [1.807, 2.05) is 83.8 Å². The molecule has 2 heterocycles. The minimum atomic E-state index is -0.0275. The van der Waals surface area contributed by atoms with Gasteiger partial charge in [0.1, 0.15) is 17.2 Å². The Kier molecular flexibility index (Phi) is 7.07. The first-order valence-electron chi connectivity index (χ1n) is 12.0. The number of para-hydroxylation sites is 1.